The first-order valence-corrected chi connectivity index (χ1v) is 11.0. The zero-order valence-electron chi connectivity index (χ0n) is 18.9. The van der Waals surface area contributed by atoms with Crippen molar-refractivity contribution in [1.29, 1.82) is 0 Å². The van der Waals surface area contributed by atoms with E-state index in [-0.39, 0.29) is 35.7 Å². The zero-order chi connectivity index (χ0) is 23.5. The van der Waals surface area contributed by atoms with E-state index < -0.39 is 0 Å². The molecule has 2 aromatic heterocycles. The molecule has 1 amide bonds. The highest BCUT2D eigenvalue weighted by atomic mass is 19.1. The lowest BCUT2D eigenvalue weighted by molar-refractivity contribution is -0.121. The predicted molar refractivity (Wildman–Crippen MR) is 127 cm³/mol. The number of H-pyrrole nitrogens is 2. The summed E-state index contributed by atoms with van der Waals surface area (Å²) in [5, 5.41) is 3.80. The average Bonchev–Trinajstić information content (AvgIpc) is 3.08. The van der Waals surface area contributed by atoms with Crippen molar-refractivity contribution in [3.8, 4) is 0 Å². The van der Waals surface area contributed by atoms with Gasteiger partial charge in [0.15, 0.2) is 0 Å². The summed E-state index contributed by atoms with van der Waals surface area (Å²) in [6, 6.07) is 15.2. The summed E-state index contributed by atoms with van der Waals surface area (Å²) in [4.78, 5) is 35.8. The van der Waals surface area contributed by atoms with Gasteiger partial charge in [0.25, 0.3) is 5.56 Å². The maximum absolute atomic E-state index is 13.8. The summed E-state index contributed by atoms with van der Waals surface area (Å²) in [5.74, 6) is 0.164. The molecule has 0 aliphatic heterocycles. The number of carbonyl (C=O) groups is 1. The van der Waals surface area contributed by atoms with Crippen LogP contribution in [0.25, 0.3) is 10.9 Å². The third kappa shape index (κ3) is 5.19. The van der Waals surface area contributed by atoms with Crippen LogP contribution >= 0.6 is 0 Å². The topological polar surface area (TPSA) is 90.6 Å². The maximum atomic E-state index is 13.8. The van der Waals surface area contributed by atoms with Crippen molar-refractivity contribution in [2.75, 3.05) is 0 Å². The Morgan fingerprint density at radius 1 is 1.09 bits per heavy atom. The Morgan fingerprint density at radius 3 is 2.58 bits per heavy atom. The van der Waals surface area contributed by atoms with E-state index in [1.54, 1.807) is 6.07 Å². The van der Waals surface area contributed by atoms with E-state index >= 15 is 0 Å². The molecule has 4 rings (SSSR count). The quantitative estimate of drug-likeness (QED) is 0.391. The number of nitrogens with one attached hydrogen (secondary N) is 3. The fourth-order valence-corrected chi connectivity index (χ4v) is 4.04. The number of aromatic nitrogens is 3. The van der Waals surface area contributed by atoms with Crippen molar-refractivity contribution in [3.05, 3.63) is 99.1 Å². The molecule has 1 atom stereocenters. The molecule has 3 N–H and O–H groups in total. The third-order valence-corrected chi connectivity index (χ3v) is 5.73. The first kappa shape index (κ1) is 22.5. The van der Waals surface area contributed by atoms with Gasteiger partial charge in [-0.25, -0.2) is 9.37 Å². The van der Waals surface area contributed by atoms with E-state index in [9.17, 15) is 14.0 Å². The smallest absolute Gasteiger partial charge is 0.251 e. The van der Waals surface area contributed by atoms with E-state index in [1.807, 2.05) is 51.1 Å². The number of aryl methyl sites for hydroxylation is 1. The van der Waals surface area contributed by atoms with Crippen LogP contribution < -0.4 is 10.9 Å². The van der Waals surface area contributed by atoms with Crippen molar-refractivity contribution in [2.45, 2.75) is 45.6 Å². The van der Waals surface area contributed by atoms with E-state index in [0.717, 1.165) is 22.3 Å². The van der Waals surface area contributed by atoms with Crippen LogP contribution in [-0.4, -0.2) is 20.9 Å². The molecule has 0 saturated heterocycles. The minimum absolute atomic E-state index is 0.0765. The molecule has 4 aromatic rings. The highest BCUT2D eigenvalue weighted by Crippen LogP contribution is 2.24. The summed E-state index contributed by atoms with van der Waals surface area (Å²) in [7, 11) is 0. The molecule has 0 fully saturated rings. The number of benzene rings is 2. The number of rotatable bonds is 7. The number of halogens is 1. The summed E-state index contributed by atoms with van der Waals surface area (Å²) in [5.41, 5.74) is 3.72. The van der Waals surface area contributed by atoms with Gasteiger partial charge < -0.3 is 15.3 Å². The van der Waals surface area contributed by atoms with Crippen LogP contribution in [-0.2, 0) is 17.6 Å². The minimum Gasteiger partial charge on any atom is -0.358 e. The second-order valence-electron chi connectivity index (χ2n) is 8.61. The molecule has 7 heteroatoms. The van der Waals surface area contributed by atoms with E-state index in [1.165, 1.54) is 18.2 Å². The van der Waals surface area contributed by atoms with Gasteiger partial charge in [-0.05, 0) is 36.2 Å². The van der Waals surface area contributed by atoms with Gasteiger partial charge in [0, 0.05) is 35.0 Å². The summed E-state index contributed by atoms with van der Waals surface area (Å²) >= 11 is 0. The Labute approximate surface area is 191 Å². The van der Waals surface area contributed by atoms with Crippen LogP contribution in [0.2, 0.25) is 0 Å². The summed E-state index contributed by atoms with van der Waals surface area (Å²) in [6.45, 7) is 5.80. The Hall–Kier alpha value is -3.74. The molecule has 0 radical (unpaired) electrons. The fraction of sp³-hybridized carbons (Fsp3) is 0.269. The van der Waals surface area contributed by atoms with Gasteiger partial charge in [-0.3, -0.25) is 9.59 Å². The molecule has 6 nitrogen and oxygen atoms in total. The molecular formula is C26H27FN4O2. The van der Waals surface area contributed by atoms with Gasteiger partial charge in [-0.15, -0.1) is 0 Å². The van der Waals surface area contributed by atoms with Crippen molar-refractivity contribution in [2.24, 2.45) is 0 Å². The number of nitrogens with zero attached hydrogens (tertiary/aromatic N) is 1. The van der Waals surface area contributed by atoms with Crippen LogP contribution in [0.15, 0.2) is 59.4 Å². The van der Waals surface area contributed by atoms with Crippen LogP contribution in [0.1, 0.15) is 54.1 Å². The van der Waals surface area contributed by atoms with Gasteiger partial charge in [-0.1, -0.05) is 44.2 Å². The van der Waals surface area contributed by atoms with E-state index in [2.05, 4.69) is 20.3 Å². The molecule has 0 aliphatic rings. The molecule has 0 saturated carbocycles. The summed E-state index contributed by atoms with van der Waals surface area (Å²) in [6.07, 6.45) is 0.486. The first-order chi connectivity index (χ1) is 15.8. The lowest BCUT2D eigenvalue weighted by Gasteiger charge is -2.20. The predicted octanol–water partition coefficient (Wildman–Crippen LogP) is 4.46. The number of carbonyl (C=O) groups excluding carboxylic acids is 1. The van der Waals surface area contributed by atoms with Gasteiger partial charge in [0.2, 0.25) is 5.91 Å². The lowest BCUT2D eigenvalue weighted by atomic mass is 10.0. The van der Waals surface area contributed by atoms with Gasteiger partial charge in [-0.2, -0.15) is 0 Å². The largest absolute Gasteiger partial charge is 0.358 e. The van der Waals surface area contributed by atoms with Crippen molar-refractivity contribution < 1.29 is 9.18 Å². The molecule has 0 spiro atoms. The fourth-order valence-electron chi connectivity index (χ4n) is 4.04. The standard InChI is InChI=1S/C26H27FN4O2/c1-15(2)26-29-19(13-24(32)31-26)12-23(17-7-5-4-6-8-17)30-25(33)14-20-16(3)28-22-10-9-18(27)11-21(20)22/h4-11,13,15,23,28H,12,14H2,1-3H3,(H,30,33)(H,29,31,32)/t23-/m0/s1. The number of fused-ring (bicyclic) bond motifs is 1. The average molecular weight is 447 g/mol. The molecule has 0 unspecified atom stereocenters. The highest BCUT2D eigenvalue weighted by Gasteiger charge is 2.19. The van der Waals surface area contributed by atoms with E-state index in [0.29, 0.717) is 23.3 Å². The minimum atomic E-state index is -0.365. The molecule has 170 valence electrons. The number of aromatic amines is 2. The second kappa shape index (κ2) is 9.40. The van der Waals surface area contributed by atoms with Crippen LogP contribution in [0.4, 0.5) is 4.39 Å². The van der Waals surface area contributed by atoms with E-state index in [4.69, 9.17) is 0 Å². The first-order valence-electron chi connectivity index (χ1n) is 11.0. The number of hydrogen-bond donors (Lipinski definition) is 3. The molecular weight excluding hydrogens is 419 g/mol. The van der Waals surface area contributed by atoms with Crippen molar-refractivity contribution in [3.63, 3.8) is 0 Å². The van der Waals surface area contributed by atoms with Crippen LogP contribution in [0, 0.1) is 12.7 Å². The number of hydrogen-bond acceptors (Lipinski definition) is 3. The Bertz CT molecular complexity index is 1340. The normalized spacial score (nSPS) is 12.3. The third-order valence-electron chi connectivity index (χ3n) is 5.73. The highest BCUT2D eigenvalue weighted by molar-refractivity contribution is 5.90. The van der Waals surface area contributed by atoms with Gasteiger partial charge >= 0.3 is 0 Å². The number of amides is 1. The molecule has 0 aliphatic carbocycles. The Morgan fingerprint density at radius 2 is 1.85 bits per heavy atom. The van der Waals surface area contributed by atoms with Gasteiger partial charge in [0.05, 0.1) is 18.2 Å². The molecule has 2 heterocycles. The van der Waals surface area contributed by atoms with Crippen LogP contribution in [0.5, 0.6) is 0 Å². The maximum Gasteiger partial charge on any atom is 0.251 e. The van der Waals surface area contributed by atoms with Gasteiger partial charge in [0.1, 0.15) is 11.6 Å². The van der Waals surface area contributed by atoms with Crippen LogP contribution in [0.3, 0.4) is 0 Å². The molecule has 2 aromatic carbocycles. The summed E-state index contributed by atoms with van der Waals surface area (Å²) < 4.78 is 13.8. The molecule has 0 bridgehead atoms. The second-order valence-corrected chi connectivity index (χ2v) is 8.61. The Balaban J connectivity index is 1.61. The molecule has 33 heavy (non-hydrogen) atoms. The zero-order valence-corrected chi connectivity index (χ0v) is 18.9. The lowest BCUT2D eigenvalue weighted by Crippen LogP contribution is -2.32. The Kier molecular flexibility index (Phi) is 6.40. The van der Waals surface area contributed by atoms with Crippen molar-refractivity contribution in [1.82, 2.24) is 20.3 Å². The monoisotopic (exact) mass is 446 g/mol. The SMILES string of the molecule is Cc1[nH]c2ccc(F)cc2c1CC(=O)N[C@@H](Cc1cc(=O)[nH]c(C(C)C)n1)c1ccccc1. The van der Waals surface area contributed by atoms with Crippen molar-refractivity contribution >= 4 is 16.8 Å².